The van der Waals surface area contributed by atoms with Crippen LogP contribution in [0, 0.1) is 17.0 Å². The lowest BCUT2D eigenvalue weighted by atomic mass is 10.1. The average Bonchev–Trinajstić information content (AvgIpc) is 2.76. The van der Waals surface area contributed by atoms with Crippen LogP contribution in [0.15, 0.2) is 30.4 Å². The highest BCUT2D eigenvalue weighted by Gasteiger charge is 2.20. The molecule has 2 aromatic rings. The monoisotopic (exact) mass is 437 g/mol. The minimum atomic E-state index is -1.05. The molecule has 0 saturated heterocycles. The van der Waals surface area contributed by atoms with Crippen LogP contribution in [0.1, 0.15) is 5.56 Å². The molecule has 0 amide bonds. The summed E-state index contributed by atoms with van der Waals surface area (Å²) in [5.41, 5.74) is -0.0848. The van der Waals surface area contributed by atoms with Crippen LogP contribution in [0.25, 0.3) is 0 Å². The van der Waals surface area contributed by atoms with Crippen LogP contribution in [0.5, 0.6) is 17.2 Å². The summed E-state index contributed by atoms with van der Waals surface area (Å²) < 4.78 is 43.9. The number of nitrogens with one attached hydrogen (secondary N) is 2. The van der Waals surface area contributed by atoms with Crippen molar-refractivity contribution in [2.45, 2.75) is 6.61 Å². The summed E-state index contributed by atoms with van der Waals surface area (Å²) in [5, 5.41) is 18.6. The third kappa shape index (κ3) is 5.78. The number of methoxy groups -OCH3 is 2. The Morgan fingerprint density at radius 2 is 1.81 bits per heavy atom. The molecular weight excluding hydrogens is 416 g/mol. The highest BCUT2D eigenvalue weighted by Crippen LogP contribution is 2.32. The van der Waals surface area contributed by atoms with Crippen molar-refractivity contribution in [3.05, 3.63) is 47.6 Å². The van der Waals surface area contributed by atoms with Gasteiger partial charge in [0.25, 0.3) is 0 Å². The largest absolute Gasteiger partial charge is 0.494 e. The molecule has 0 atom stereocenters. The van der Waals surface area contributed by atoms with E-state index in [2.05, 4.69) is 15.3 Å². The Hall–Kier alpha value is -3.96. The third-order valence-corrected chi connectivity index (χ3v) is 4.00. The van der Waals surface area contributed by atoms with Gasteiger partial charge < -0.3 is 34.9 Å². The average molecular weight is 437 g/mol. The van der Waals surface area contributed by atoms with Crippen molar-refractivity contribution < 1.29 is 32.9 Å². The van der Waals surface area contributed by atoms with Crippen LogP contribution in [-0.2, 0) is 11.4 Å². The number of hydrogen-bond acceptors (Lipinski definition) is 9. The smallest absolute Gasteiger partial charge is 0.322 e. The van der Waals surface area contributed by atoms with E-state index in [1.54, 1.807) is 7.05 Å². The number of hydrogen-bond donors (Lipinski definition) is 3. The molecule has 0 aliphatic carbocycles. The first-order chi connectivity index (χ1) is 14.8. The minimum Gasteiger partial charge on any atom is -0.494 e. The van der Waals surface area contributed by atoms with E-state index >= 15 is 0 Å². The Bertz CT molecular complexity index is 941. The number of aliphatic carboxylic acids is 1. The Kier molecular flexibility index (Phi) is 8.06. The molecule has 1 aromatic heterocycles. The van der Waals surface area contributed by atoms with E-state index in [1.807, 2.05) is 0 Å². The Labute approximate surface area is 176 Å². The van der Waals surface area contributed by atoms with Gasteiger partial charge in [-0.1, -0.05) is 0 Å². The summed E-state index contributed by atoms with van der Waals surface area (Å²) in [7, 11) is 4.07. The zero-order chi connectivity index (χ0) is 23.0. The Morgan fingerprint density at radius 3 is 2.29 bits per heavy atom. The van der Waals surface area contributed by atoms with Gasteiger partial charge in [0.2, 0.25) is 5.95 Å². The standard InChI is InChI=1S/C19H21F2N5O5/c1-26(11(5-22)6-23-9-16(27)28)19-24-7-12(8-25-19)31-10-13-17(20)14(29-2)4-15(30-3)18(13)21/h4-8,22-23H,9-10H2,1-3H3,(H,27,28)/b11-6+,22-5?. The molecule has 0 saturated carbocycles. The van der Waals surface area contributed by atoms with Crippen LogP contribution in [-0.4, -0.2) is 55.1 Å². The van der Waals surface area contributed by atoms with E-state index in [0.29, 0.717) is 5.70 Å². The number of halogens is 2. The van der Waals surface area contributed by atoms with Crippen LogP contribution < -0.4 is 24.4 Å². The number of benzene rings is 1. The van der Waals surface area contributed by atoms with Gasteiger partial charge in [0.15, 0.2) is 28.9 Å². The number of carbonyl (C=O) groups is 1. The maximum atomic E-state index is 14.4. The predicted molar refractivity (Wildman–Crippen MR) is 107 cm³/mol. The normalized spacial score (nSPS) is 10.9. The van der Waals surface area contributed by atoms with Gasteiger partial charge in [0, 0.05) is 25.5 Å². The third-order valence-electron chi connectivity index (χ3n) is 4.00. The van der Waals surface area contributed by atoms with Gasteiger partial charge in [-0.3, -0.25) is 4.79 Å². The van der Waals surface area contributed by atoms with E-state index in [-0.39, 0.29) is 35.3 Å². The maximum Gasteiger partial charge on any atom is 0.322 e. The molecule has 31 heavy (non-hydrogen) atoms. The molecule has 166 valence electrons. The van der Waals surface area contributed by atoms with Crippen LogP contribution >= 0.6 is 0 Å². The second-order valence-corrected chi connectivity index (χ2v) is 5.94. The topological polar surface area (TPSA) is 130 Å². The molecule has 0 bridgehead atoms. The first-order valence-electron chi connectivity index (χ1n) is 8.75. The second-order valence-electron chi connectivity index (χ2n) is 5.94. The summed E-state index contributed by atoms with van der Waals surface area (Å²) in [6, 6.07) is 1.10. The molecule has 0 unspecified atom stereocenters. The quantitative estimate of drug-likeness (QED) is 0.452. The molecule has 2 rings (SSSR count). The van der Waals surface area contributed by atoms with Crippen molar-refractivity contribution in [1.82, 2.24) is 15.3 Å². The molecule has 3 N–H and O–H groups in total. The van der Waals surface area contributed by atoms with E-state index in [0.717, 1.165) is 12.3 Å². The van der Waals surface area contributed by atoms with Gasteiger partial charge in [0.1, 0.15) is 13.2 Å². The fraction of sp³-hybridized carbons (Fsp3) is 0.263. The lowest BCUT2D eigenvalue weighted by Crippen LogP contribution is -2.24. The summed E-state index contributed by atoms with van der Waals surface area (Å²) in [5.74, 6) is -2.93. The fourth-order valence-electron chi connectivity index (χ4n) is 2.37. The zero-order valence-electron chi connectivity index (χ0n) is 17.0. The summed E-state index contributed by atoms with van der Waals surface area (Å²) >= 11 is 0. The number of aromatic nitrogens is 2. The van der Waals surface area contributed by atoms with E-state index in [9.17, 15) is 13.6 Å². The molecule has 0 spiro atoms. The van der Waals surface area contributed by atoms with Gasteiger partial charge in [-0.05, 0) is 0 Å². The summed E-state index contributed by atoms with van der Waals surface area (Å²) in [4.78, 5) is 20.2. The van der Waals surface area contributed by atoms with Crippen molar-refractivity contribution in [2.75, 3.05) is 32.7 Å². The minimum absolute atomic E-state index is 0.141. The van der Waals surface area contributed by atoms with Crippen molar-refractivity contribution >= 4 is 18.1 Å². The highest BCUT2D eigenvalue weighted by atomic mass is 19.1. The second kappa shape index (κ2) is 10.7. The molecule has 0 radical (unpaired) electrons. The van der Waals surface area contributed by atoms with Crippen LogP contribution in [0.4, 0.5) is 14.7 Å². The van der Waals surface area contributed by atoms with Crippen LogP contribution in [0.2, 0.25) is 0 Å². The number of nitrogens with zero attached hydrogens (tertiary/aromatic N) is 3. The van der Waals surface area contributed by atoms with Gasteiger partial charge in [0.05, 0.1) is 37.9 Å². The highest BCUT2D eigenvalue weighted by molar-refractivity contribution is 5.80. The van der Waals surface area contributed by atoms with Gasteiger partial charge in [-0.25, -0.2) is 18.7 Å². The SMILES string of the molecule is COc1cc(OC)c(F)c(COc2cnc(N(C)/C(C=N)=C/NCC(=O)O)nc2)c1F. The predicted octanol–water partition coefficient (Wildman–Crippen LogP) is 1.95. The van der Waals surface area contributed by atoms with Crippen molar-refractivity contribution in [1.29, 1.82) is 5.41 Å². The number of ether oxygens (including phenoxy) is 3. The van der Waals surface area contributed by atoms with Crippen LogP contribution in [0.3, 0.4) is 0 Å². The first kappa shape index (κ1) is 23.3. The molecule has 0 aliphatic heterocycles. The maximum absolute atomic E-state index is 14.4. The van der Waals surface area contributed by atoms with E-state index in [4.69, 9.17) is 24.7 Å². The Morgan fingerprint density at radius 1 is 1.23 bits per heavy atom. The number of anilines is 1. The molecule has 10 nitrogen and oxygen atoms in total. The van der Waals surface area contributed by atoms with Crippen molar-refractivity contribution in [2.24, 2.45) is 0 Å². The molecule has 0 fully saturated rings. The molecule has 1 aromatic carbocycles. The number of carboxylic acid groups (broad SMARTS) is 1. The number of carboxylic acids is 1. The summed E-state index contributed by atoms with van der Waals surface area (Å²) in [6.07, 6.45) is 4.90. The molecule has 12 heteroatoms. The van der Waals surface area contributed by atoms with Crippen molar-refractivity contribution in [3.8, 4) is 17.2 Å². The lowest BCUT2D eigenvalue weighted by molar-refractivity contribution is -0.135. The van der Waals surface area contributed by atoms with Gasteiger partial charge in [-0.15, -0.1) is 0 Å². The zero-order valence-corrected chi connectivity index (χ0v) is 17.0. The number of allylic oxidation sites excluding steroid dienone is 1. The van der Waals surface area contributed by atoms with Gasteiger partial charge >= 0.3 is 5.97 Å². The van der Waals surface area contributed by atoms with Gasteiger partial charge in [-0.2, -0.15) is 0 Å². The van der Waals surface area contributed by atoms with E-state index < -0.39 is 24.2 Å². The Balaban J connectivity index is 2.13. The molecular formula is C19H21F2N5O5. The van der Waals surface area contributed by atoms with Crippen molar-refractivity contribution in [3.63, 3.8) is 0 Å². The molecule has 0 aliphatic rings. The first-order valence-corrected chi connectivity index (χ1v) is 8.75. The summed E-state index contributed by atoms with van der Waals surface area (Å²) in [6.45, 7) is -0.782. The fourth-order valence-corrected chi connectivity index (χ4v) is 2.37. The van der Waals surface area contributed by atoms with E-state index in [1.165, 1.54) is 37.7 Å². The molecule has 1 heterocycles. The lowest BCUT2D eigenvalue weighted by Gasteiger charge is -2.18. The number of rotatable bonds is 11.